The van der Waals surface area contributed by atoms with Gasteiger partial charge in [0.25, 0.3) is 5.91 Å². The van der Waals surface area contributed by atoms with Gasteiger partial charge in [0.05, 0.1) is 11.6 Å². The fourth-order valence-electron chi connectivity index (χ4n) is 2.85. The Morgan fingerprint density at radius 2 is 1.95 bits per heavy atom. The Hall–Kier alpha value is -1.68. The van der Waals surface area contributed by atoms with Crippen molar-refractivity contribution < 1.29 is 9.18 Å². The Labute approximate surface area is 131 Å². The standard InChI is InChI=1S/C17H15BrFNO/c18-15-9-8-13(19)11-14(15)17(21)20-10-4-7-16(20)12-5-2-1-3-6-12/h1-3,5-6,8-9,11,16H,4,7,10H2/t16-/m0/s1. The molecule has 1 amide bonds. The zero-order chi connectivity index (χ0) is 14.8. The first kappa shape index (κ1) is 14.3. The van der Waals surface area contributed by atoms with E-state index in [-0.39, 0.29) is 11.9 Å². The summed E-state index contributed by atoms with van der Waals surface area (Å²) in [5.74, 6) is -0.510. The predicted octanol–water partition coefficient (Wildman–Crippen LogP) is 4.57. The van der Waals surface area contributed by atoms with Gasteiger partial charge in [0.1, 0.15) is 5.82 Å². The van der Waals surface area contributed by atoms with E-state index in [2.05, 4.69) is 15.9 Å². The maximum absolute atomic E-state index is 13.4. The van der Waals surface area contributed by atoms with E-state index in [1.807, 2.05) is 35.2 Å². The average molecular weight is 348 g/mol. The van der Waals surface area contributed by atoms with Crippen molar-refractivity contribution >= 4 is 21.8 Å². The molecule has 1 heterocycles. The lowest BCUT2D eigenvalue weighted by molar-refractivity contribution is 0.0734. The molecule has 21 heavy (non-hydrogen) atoms. The second kappa shape index (κ2) is 5.98. The van der Waals surface area contributed by atoms with E-state index in [1.54, 1.807) is 6.07 Å². The van der Waals surface area contributed by atoms with Gasteiger partial charge in [-0.15, -0.1) is 0 Å². The molecule has 2 aromatic carbocycles. The molecule has 2 nitrogen and oxygen atoms in total. The molecule has 0 radical (unpaired) electrons. The van der Waals surface area contributed by atoms with Gasteiger partial charge in [-0.05, 0) is 52.5 Å². The molecule has 0 unspecified atom stereocenters. The Balaban J connectivity index is 1.92. The summed E-state index contributed by atoms with van der Waals surface area (Å²) in [7, 11) is 0. The fraction of sp³-hybridized carbons (Fsp3) is 0.235. The number of halogens is 2. The summed E-state index contributed by atoms with van der Waals surface area (Å²) in [4.78, 5) is 14.6. The van der Waals surface area contributed by atoms with Gasteiger partial charge in [-0.1, -0.05) is 30.3 Å². The van der Waals surface area contributed by atoms with Gasteiger partial charge in [-0.25, -0.2) is 4.39 Å². The minimum Gasteiger partial charge on any atom is -0.332 e. The van der Waals surface area contributed by atoms with Gasteiger partial charge in [0, 0.05) is 11.0 Å². The number of hydrogen-bond acceptors (Lipinski definition) is 1. The van der Waals surface area contributed by atoms with Crippen LogP contribution in [-0.4, -0.2) is 17.4 Å². The second-order valence-corrected chi connectivity index (χ2v) is 6.05. The van der Waals surface area contributed by atoms with Crippen molar-refractivity contribution in [1.82, 2.24) is 4.90 Å². The molecule has 2 aromatic rings. The third-order valence-electron chi connectivity index (χ3n) is 3.86. The van der Waals surface area contributed by atoms with Crippen LogP contribution in [0.25, 0.3) is 0 Å². The molecule has 1 atom stereocenters. The summed E-state index contributed by atoms with van der Waals surface area (Å²) in [6, 6.07) is 14.3. The van der Waals surface area contributed by atoms with Crippen molar-refractivity contribution in [3.63, 3.8) is 0 Å². The maximum atomic E-state index is 13.4. The lowest BCUT2D eigenvalue weighted by Gasteiger charge is -2.25. The normalized spacial score (nSPS) is 18.0. The van der Waals surface area contributed by atoms with E-state index in [0.29, 0.717) is 16.6 Å². The number of nitrogens with zero attached hydrogens (tertiary/aromatic N) is 1. The van der Waals surface area contributed by atoms with E-state index in [0.717, 1.165) is 18.4 Å². The fourth-order valence-corrected chi connectivity index (χ4v) is 3.26. The molecular formula is C17H15BrFNO. The van der Waals surface area contributed by atoms with Gasteiger partial charge in [0.2, 0.25) is 0 Å². The van der Waals surface area contributed by atoms with Crippen LogP contribution in [0.5, 0.6) is 0 Å². The third kappa shape index (κ3) is 2.86. The van der Waals surface area contributed by atoms with Crippen LogP contribution in [-0.2, 0) is 0 Å². The lowest BCUT2D eigenvalue weighted by atomic mass is 10.0. The number of likely N-dealkylation sites (tertiary alicyclic amines) is 1. The monoisotopic (exact) mass is 347 g/mol. The molecule has 3 rings (SSSR count). The molecule has 1 saturated heterocycles. The summed E-state index contributed by atoms with van der Waals surface area (Å²) < 4.78 is 14.1. The van der Waals surface area contributed by atoms with Crippen LogP contribution in [0.15, 0.2) is 53.0 Å². The molecule has 0 bridgehead atoms. The molecule has 0 saturated carbocycles. The van der Waals surface area contributed by atoms with Crippen molar-refractivity contribution in [2.75, 3.05) is 6.54 Å². The molecule has 1 aliphatic heterocycles. The largest absolute Gasteiger partial charge is 0.332 e. The number of carbonyl (C=O) groups excluding carboxylic acids is 1. The van der Waals surface area contributed by atoms with Crippen molar-refractivity contribution in [2.24, 2.45) is 0 Å². The van der Waals surface area contributed by atoms with Crippen LogP contribution in [0.2, 0.25) is 0 Å². The third-order valence-corrected chi connectivity index (χ3v) is 4.55. The first-order valence-electron chi connectivity index (χ1n) is 6.98. The Kier molecular flexibility index (Phi) is 4.06. The molecule has 4 heteroatoms. The molecule has 0 N–H and O–H groups in total. The van der Waals surface area contributed by atoms with Crippen LogP contribution < -0.4 is 0 Å². The SMILES string of the molecule is O=C(c1cc(F)ccc1Br)N1CCC[C@H]1c1ccccc1. The summed E-state index contributed by atoms with van der Waals surface area (Å²) in [6.45, 7) is 0.710. The van der Waals surface area contributed by atoms with Gasteiger partial charge in [-0.3, -0.25) is 4.79 Å². The highest BCUT2D eigenvalue weighted by Gasteiger charge is 2.31. The van der Waals surface area contributed by atoms with Crippen LogP contribution in [0, 0.1) is 5.82 Å². The van der Waals surface area contributed by atoms with E-state index >= 15 is 0 Å². The highest BCUT2D eigenvalue weighted by atomic mass is 79.9. The molecule has 0 aromatic heterocycles. The first-order chi connectivity index (χ1) is 10.2. The van der Waals surface area contributed by atoms with Gasteiger partial charge >= 0.3 is 0 Å². The average Bonchev–Trinajstić information content (AvgIpc) is 2.99. The predicted molar refractivity (Wildman–Crippen MR) is 83.6 cm³/mol. The van der Waals surface area contributed by atoms with Crippen LogP contribution >= 0.6 is 15.9 Å². The van der Waals surface area contributed by atoms with Crippen LogP contribution in [0.4, 0.5) is 4.39 Å². The van der Waals surface area contributed by atoms with Crippen LogP contribution in [0.3, 0.4) is 0 Å². The Morgan fingerprint density at radius 3 is 2.71 bits per heavy atom. The lowest BCUT2D eigenvalue weighted by Crippen LogP contribution is -2.30. The minimum atomic E-state index is -0.392. The zero-order valence-corrected chi connectivity index (χ0v) is 13.0. The summed E-state index contributed by atoms with van der Waals surface area (Å²) in [5.41, 5.74) is 1.52. The number of carbonyl (C=O) groups is 1. The summed E-state index contributed by atoms with van der Waals surface area (Å²) in [6.07, 6.45) is 1.92. The number of benzene rings is 2. The molecule has 1 fully saturated rings. The van der Waals surface area contributed by atoms with Crippen molar-refractivity contribution in [2.45, 2.75) is 18.9 Å². The van der Waals surface area contributed by atoms with Crippen molar-refractivity contribution in [3.8, 4) is 0 Å². The second-order valence-electron chi connectivity index (χ2n) is 5.19. The summed E-state index contributed by atoms with van der Waals surface area (Å²) in [5, 5.41) is 0. The Morgan fingerprint density at radius 1 is 1.19 bits per heavy atom. The smallest absolute Gasteiger partial charge is 0.255 e. The quantitative estimate of drug-likeness (QED) is 0.779. The highest BCUT2D eigenvalue weighted by Crippen LogP contribution is 2.34. The highest BCUT2D eigenvalue weighted by molar-refractivity contribution is 9.10. The Bertz CT molecular complexity index is 659. The van der Waals surface area contributed by atoms with E-state index in [9.17, 15) is 9.18 Å². The van der Waals surface area contributed by atoms with E-state index in [1.165, 1.54) is 12.1 Å². The van der Waals surface area contributed by atoms with E-state index < -0.39 is 5.82 Å². The van der Waals surface area contributed by atoms with Crippen LogP contribution in [0.1, 0.15) is 34.8 Å². The van der Waals surface area contributed by atoms with Crippen molar-refractivity contribution in [3.05, 3.63) is 69.9 Å². The van der Waals surface area contributed by atoms with Gasteiger partial charge in [-0.2, -0.15) is 0 Å². The topological polar surface area (TPSA) is 20.3 Å². The molecular weight excluding hydrogens is 333 g/mol. The van der Waals surface area contributed by atoms with Gasteiger partial charge in [0.15, 0.2) is 0 Å². The zero-order valence-electron chi connectivity index (χ0n) is 11.4. The molecule has 1 aliphatic rings. The maximum Gasteiger partial charge on any atom is 0.255 e. The minimum absolute atomic E-state index is 0.0777. The number of amides is 1. The first-order valence-corrected chi connectivity index (χ1v) is 7.77. The number of rotatable bonds is 2. The van der Waals surface area contributed by atoms with E-state index in [4.69, 9.17) is 0 Å². The summed E-state index contributed by atoms with van der Waals surface area (Å²) >= 11 is 3.34. The van der Waals surface area contributed by atoms with Gasteiger partial charge < -0.3 is 4.90 Å². The molecule has 108 valence electrons. The van der Waals surface area contributed by atoms with Crippen molar-refractivity contribution in [1.29, 1.82) is 0 Å². The molecule has 0 aliphatic carbocycles. The molecule has 0 spiro atoms. The number of hydrogen-bond donors (Lipinski definition) is 0.